The van der Waals surface area contributed by atoms with Crippen LogP contribution in [0.5, 0.6) is 5.75 Å². The molecule has 1 atom stereocenters. The Kier molecular flexibility index (Phi) is 6.69. The zero-order valence-electron chi connectivity index (χ0n) is 19.5. The molecule has 3 N–H and O–H groups in total. The van der Waals surface area contributed by atoms with Gasteiger partial charge in [0.2, 0.25) is 5.91 Å². The van der Waals surface area contributed by atoms with Crippen LogP contribution in [-0.4, -0.2) is 42.3 Å². The summed E-state index contributed by atoms with van der Waals surface area (Å²) in [6.07, 6.45) is 0. The average molecular weight is 490 g/mol. The lowest BCUT2D eigenvalue weighted by atomic mass is 9.92. The minimum atomic E-state index is -1.33. The molecule has 184 valence electrons. The number of carbonyl (C=O) groups excluding carboxylic acids is 4. The van der Waals surface area contributed by atoms with Gasteiger partial charge in [0.25, 0.3) is 11.8 Å². The summed E-state index contributed by atoms with van der Waals surface area (Å²) in [6.45, 7) is 1.05. The number of ether oxygens (including phenoxy) is 1. The lowest BCUT2D eigenvalue weighted by Crippen LogP contribution is -2.42. The van der Waals surface area contributed by atoms with E-state index in [4.69, 9.17) is 4.74 Å². The van der Waals surface area contributed by atoms with Crippen LogP contribution in [0.1, 0.15) is 22.8 Å². The van der Waals surface area contributed by atoms with Crippen LogP contribution in [0.4, 0.5) is 20.6 Å². The van der Waals surface area contributed by atoms with E-state index < -0.39 is 41.7 Å². The van der Waals surface area contributed by atoms with Gasteiger partial charge in [-0.3, -0.25) is 19.3 Å². The van der Waals surface area contributed by atoms with E-state index in [0.717, 1.165) is 4.90 Å². The van der Waals surface area contributed by atoms with Crippen LogP contribution in [0.25, 0.3) is 0 Å². The monoisotopic (exact) mass is 490 g/mol. The molecule has 10 heteroatoms. The van der Waals surface area contributed by atoms with Gasteiger partial charge in [0.1, 0.15) is 23.7 Å². The Morgan fingerprint density at radius 2 is 1.64 bits per heavy atom. The van der Waals surface area contributed by atoms with Crippen molar-refractivity contribution in [1.82, 2.24) is 10.2 Å². The molecule has 3 aromatic rings. The second-order valence-electron chi connectivity index (χ2n) is 8.27. The summed E-state index contributed by atoms with van der Waals surface area (Å²) in [7, 11) is 1.52. The number of rotatable bonds is 7. The molecule has 1 unspecified atom stereocenters. The number of methoxy groups -OCH3 is 1. The first-order chi connectivity index (χ1) is 17.2. The van der Waals surface area contributed by atoms with E-state index in [9.17, 15) is 23.6 Å². The number of urea groups is 1. The maximum Gasteiger partial charge on any atom is 0.325 e. The van der Waals surface area contributed by atoms with Crippen molar-refractivity contribution in [2.24, 2.45) is 0 Å². The highest BCUT2D eigenvalue weighted by Crippen LogP contribution is 2.30. The van der Waals surface area contributed by atoms with Gasteiger partial charge in [-0.25, -0.2) is 9.18 Å². The fraction of sp³-hybridized carbons (Fsp3) is 0.154. The molecule has 36 heavy (non-hydrogen) atoms. The van der Waals surface area contributed by atoms with Gasteiger partial charge in [-0.1, -0.05) is 24.3 Å². The van der Waals surface area contributed by atoms with E-state index in [1.165, 1.54) is 37.4 Å². The van der Waals surface area contributed by atoms with Crippen molar-refractivity contribution in [2.45, 2.75) is 12.5 Å². The molecule has 5 amide bonds. The Morgan fingerprint density at radius 1 is 0.972 bits per heavy atom. The fourth-order valence-corrected chi connectivity index (χ4v) is 3.81. The molecule has 1 aliphatic rings. The van der Waals surface area contributed by atoms with Gasteiger partial charge in [-0.15, -0.1) is 0 Å². The highest BCUT2D eigenvalue weighted by molar-refractivity contribution is 6.10. The van der Waals surface area contributed by atoms with E-state index in [0.29, 0.717) is 11.3 Å². The lowest BCUT2D eigenvalue weighted by molar-refractivity contribution is -0.133. The van der Waals surface area contributed by atoms with E-state index >= 15 is 0 Å². The minimum Gasteiger partial charge on any atom is -0.497 e. The van der Waals surface area contributed by atoms with Crippen molar-refractivity contribution in [3.63, 3.8) is 0 Å². The van der Waals surface area contributed by atoms with Crippen LogP contribution < -0.4 is 20.7 Å². The van der Waals surface area contributed by atoms with E-state index in [1.54, 1.807) is 49.4 Å². The zero-order chi connectivity index (χ0) is 25.9. The van der Waals surface area contributed by atoms with Crippen molar-refractivity contribution in [2.75, 3.05) is 24.3 Å². The minimum absolute atomic E-state index is 0.221. The van der Waals surface area contributed by atoms with E-state index in [1.807, 2.05) is 0 Å². The third kappa shape index (κ3) is 5.02. The van der Waals surface area contributed by atoms with Crippen LogP contribution in [0.2, 0.25) is 0 Å². The molecule has 4 rings (SSSR count). The maximum atomic E-state index is 13.4. The SMILES string of the molecule is COc1ccc(C2(C)NC(=O)N(CC(=O)Nc3cccc(C(=O)Nc4cccc(F)c4)c3)C2=O)cc1. The number of imide groups is 1. The second kappa shape index (κ2) is 9.87. The molecule has 1 fully saturated rings. The molecule has 0 aromatic heterocycles. The molecule has 0 aliphatic carbocycles. The van der Waals surface area contributed by atoms with Crippen LogP contribution in [-0.2, 0) is 15.1 Å². The van der Waals surface area contributed by atoms with Gasteiger partial charge in [0.15, 0.2) is 0 Å². The molecule has 1 aliphatic heterocycles. The molecule has 9 nitrogen and oxygen atoms in total. The summed E-state index contributed by atoms with van der Waals surface area (Å²) in [4.78, 5) is 51.6. The lowest BCUT2D eigenvalue weighted by Gasteiger charge is -2.22. The number of benzene rings is 3. The van der Waals surface area contributed by atoms with Crippen molar-refractivity contribution in [1.29, 1.82) is 0 Å². The third-order valence-electron chi connectivity index (χ3n) is 5.74. The molecular weight excluding hydrogens is 467 g/mol. The summed E-state index contributed by atoms with van der Waals surface area (Å²) in [6, 6.07) is 17.5. The Morgan fingerprint density at radius 3 is 2.31 bits per heavy atom. The maximum absolute atomic E-state index is 13.4. The first-order valence-electron chi connectivity index (χ1n) is 10.9. The molecule has 3 aromatic carbocycles. The molecule has 0 radical (unpaired) electrons. The first kappa shape index (κ1) is 24.4. The van der Waals surface area contributed by atoms with Gasteiger partial charge in [0.05, 0.1) is 7.11 Å². The fourth-order valence-electron chi connectivity index (χ4n) is 3.81. The predicted octanol–water partition coefficient (Wildman–Crippen LogP) is 3.49. The van der Waals surface area contributed by atoms with Gasteiger partial charge in [-0.05, 0) is 61.0 Å². The van der Waals surface area contributed by atoms with Gasteiger partial charge < -0.3 is 20.7 Å². The normalized spacial score (nSPS) is 16.9. The number of hydrogen-bond donors (Lipinski definition) is 3. The Hall–Kier alpha value is -4.73. The number of anilines is 2. The summed E-state index contributed by atoms with van der Waals surface area (Å²) >= 11 is 0. The van der Waals surface area contributed by atoms with Crippen LogP contribution in [0, 0.1) is 5.82 Å². The molecule has 1 heterocycles. The van der Waals surface area contributed by atoms with Crippen LogP contribution in [0.3, 0.4) is 0 Å². The van der Waals surface area contributed by atoms with Gasteiger partial charge in [-0.2, -0.15) is 0 Å². The number of amides is 5. The quantitative estimate of drug-likeness (QED) is 0.439. The molecular formula is C26H23FN4O5. The molecule has 0 bridgehead atoms. The summed E-state index contributed by atoms with van der Waals surface area (Å²) in [5, 5.41) is 7.81. The predicted molar refractivity (Wildman–Crippen MR) is 130 cm³/mol. The molecule has 0 spiro atoms. The number of hydrogen-bond acceptors (Lipinski definition) is 5. The third-order valence-corrected chi connectivity index (χ3v) is 5.74. The highest BCUT2D eigenvalue weighted by Gasteiger charge is 2.49. The van der Waals surface area contributed by atoms with Crippen molar-refractivity contribution >= 4 is 35.1 Å². The summed E-state index contributed by atoms with van der Waals surface area (Å²) in [5.41, 5.74) is 0.00363. The number of carbonyl (C=O) groups is 4. The number of nitrogens with zero attached hydrogens (tertiary/aromatic N) is 1. The van der Waals surface area contributed by atoms with E-state index in [-0.39, 0.29) is 16.9 Å². The summed E-state index contributed by atoms with van der Waals surface area (Å²) < 4.78 is 18.5. The van der Waals surface area contributed by atoms with Crippen LogP contribution in [0.15, 0.2) is 72.8 Å². The molecule has 0 saturated carbocycles. The van der Waals surface area contributed by atoms with Crippen molar-refractivity contribution in [3.8, 4) is 5.75 Å². The highest BCUT2D eigenvalue weighted by atomic mass is 19.1. The van der Waals surface area contributed by atoms with Crippen molar-refractivity contribution < 1.29 is 28.3 Å². The number of halogens is 1. The van der Waals surface area contributed by atoms with Gasteiger partial charge >= 0.3 is 6.03 Å². The van der Waals surface area contributed by atoms with Gasteiger partial charge in [0, 0.05) is 16.9 Å². The smallest absolute Gasteiger partial charge is 0.325 e. The Labute approximate surface area is 206 Å². The van der Waals surface area contributed by atoms with Crippen molar-refractivity contribution in [3.05, 3.63) is 89.7 Å². The standard InChI is InChI=1S/C26H23FN4O5/c1-26(17-9-11-21(36-2)12-10-17)24(34)31(25(35)30-26)15-22(32)28-19-7-3-5-16(13-19)23(33)29-20-8-4-6-18(27)14-20/h3-14H,15H2,1-2H3,(H,28,32)(H,29,33)(H,30,35). The Bertz CT molecular complexity index is 1340. The average Bonchev–Trinajstić information content (AvgIpc) is 3.08. The second-order valence-corrected chi connectivity index (χ2v) is 8.27. The first-order valence-corrected chi connectivity index (χ1v) is 10.9. The molecule has 1 saturated heterocycles. The number of nitrogens with one attached hydrogen (secondary N) is 3. The van der Waals surface area contributed by atoms with E-state index in [2.05, 4.69) is 16.0 Å². The Balaban J connectivity index is 1.42. The zero-order valence-corrected chi connectivity index (χ0v) is 19.5. The van der Waals surface area contributed by atoms with Crippen LogP contribution >= 0.6 is 0 Å². The summed E-state index contributed by atoms with van der Waals surface area (Å²) in [5.74, 6) is -1.59. The topological polar surface area (TPSA) is 117 Å². The largest absolute Gasteiger partial charge is 0.497 e.